The van der Waals surface area contributed by atoms with Crippen LogP contribution in [0.25, 0.3) is 0 Å². The third-order valence-electron chi connectivity index (χ3n) is 2.79. The topological polar surface area (TPSA) is 21.3 Å². The molecule has 1 aliphatic heterocycles. The van der Waals surface area contributed by atoms with Crippen molar-refractivity contribution in [2.24, 2.45) is 0 Å². The molecular weight excluding hydrogens is 218 g/mol. The predicted molar refractivity (Wildman–Crippen MR) is 69.3 cm³/mol. The standard InChI is InChI=1S/C13H19NOS/c1-9(2)14-11-7-8-16-13-10(11)5-4-6-12(13)15-3/h4-6,9,11,14H,7-8H2,1-3H3. The van der Waals surface area contributed by atoms with Gasteiger partial charge in [-0.25, -0.2) is 0 Å². The molecule has 1 N–H and O–H groups in total. The molecule has 1 atom stereocenters. The van der Waals surface area contributed by atoms with Crippen LogP contribution in [0.15, 0.2) is 23.1 Å². The Balaban J connectivity index is 2.31. The van der Waals surface area contributed by atoms with Crippen molar-refractivity contribution >= 4 is 11.8 Å². The van der Waals surface area contributed by atoms with Crippen molar-refractivity contribution in [3.05, 3.63) is 23.8 Å². The molecule has 0 amide bonds. The first-order valence-corrected chi connectivity index (χ1v) is 6.76. The van der Waals surface area contributed by atoms with Crippen LogP contribution in [0.1, 0.15) is 31.9 Å². The summed E-state index contributed by atoms with van der Waals surface area (Å²) in [5.74, 6) is 2.18. The van der Waals surface area contributed by atoms with E-state index in [9.17, 15) is 0 Å². The third-order valence-corrected chi connectivity index (χ3v) is 3.96. The predicted octanol–water partition coefficient (Wildman–Crippen LogP) is 3.23. The van der Waals surface area contributed by atoms with E-state index in [0.717, 1.165) is 11.5 Å². The first kappa shape index (κ1) is 11.8. The zero-order valence-corrected chi connectivity index (χ0v) is 10.9. The van der Waals surface area contributed by atoms with Crippen LogP contribution < -0.4 is 10.1 Å². The lowest BCUT2D eigenvalue weighted by Gasteiger charge is -2.28. The molecule has 3 heteroatoms. The number of hydrogen-bond donors (Lipinski definition) is 1. The number of methoxy groups -OCH3 is 1. The van der Waals surface area contributed by atoms with Crippen LogP contribution in [-0.2, 0) is 0 Å². The SMILES string of the molecule is COc1cccc2c1SCCC2NC(C)C. The summed E-state index contributed by atoms with van der Waals surface area (Å²) in [6.07, 6.45) is 1.20. The molecular formula is C13H19NOS. The number of rotatable bonds is 3. The Labute approximate surface area is 102 Å². The van der Waals surface area contributed by atoms with Gasteiger partial charge in [-0.15, -0.1) is 11.8 Å². The van der Waals surface area contributed by atoms with E-state index >= 15 is 0 Å². The number of ether oxygens (including phenoxy) is 1. The van der Waals surface area contributed by atoms with Crippen molar-refractivity contribution in [2.75, 3.05) is 12.9 Å². The van der Waals surface area contributed by atoms with E-state index in [2.05, 4.69) is 31.3 Å². The molecule has 1 aromatic carbocycles. The van der Waals surface area contributed by atoms with E-state index in [1.165, 1.54) is 16.9 Å². The minimum absolute atomic E-state index is 0.478. The maximum atomic E-state index is 5.42. The Morgan fingerprint density at radius 2 is 2.25 bits per heavy atom. The van der Waals surface area contributed by atoms with Crippen molar-refractivity contribution in [3.8, 4) is 5.75 Å². The monoisotopic (exact) mass is 237 g/mol. The lowest BCUT2D eigenvalue weighted by molar-refractivity contribution is 0.396. The van der Waals surface area contributed by atoms with Gasteiger partial charge in [-0.2, -0.15) is 0 Å². The molecule has 0 aromatic heterocycles. The summed E-state index contributed by atoms with van der Waals surface area (Å²) in [6, 6.07) is 7.34. The molecule has 0 spiro atoms. The summed E-state index contributed by atoms with van der Waals surface area (Å²) in [4.78, 5) is 1.31. The number of hydrogen-bond acceptors (Lipinski definition) is 3. The van der Waals surface area contributed by atoms with Crippen LogP contribution in [0, 0.1) is 0 Å². The van der Waals surface area contributed by atoms with Gasteiger partial charge in [0, 0.05) is 12.1 Å². The molecule has 0 fully saturated rings. The molecule has 2 nitrogen and oxygen atoms in total. The highest BCUT2D eigenvalue weighted by atomic mass is 32.2. The lowest BCUT2D eigenvalue weighted by atomic mass is 10.0. The highest BCUT2D eigenvalue weighted by Gasteiger charge is 2.23. The van der Waals surface area contributed by atoms with Crippen LogP contribution >= 0.6 is 11.8 Å². The van der Waals surface area contributed by atoms with E-state index in [1.54, 1.807) is 7.11 Å². The van der Waals surface area contributed by atoms with E-state index in [4.69, 9.17) is 4.74 Å². The Hall–Kier alpha value is -0.670. The van der Waals surface area contributed by atoms with Gasteiger partial charge in [0.25, 0.3) is 0 Å². The molecule has 1 aromatic rings. The van der Waals surface area contributed by atoms with Crippen LogP contribution in [-0.4, -0.2) is 18.9 Å². The third kappa shape index (κ3) is 2.36. The second kappa shape index (κ2) is 5.11. The van der Waals surface area contributed by atoms with Gasteiger partial charge in [0.15, 0.2) is 0 Å². The number of benzene rings is 1. The van der Waals surface area contributed by atoms with Crippen molar-refractivity contribution < 1.29 is 4.74 Å². The molecule has 16 heavy (non-hydrogen) atoms. The van der Waals surface area contributed by atoms with E-state index < -0.39 is 0 Å². The first-order chi connectivity index (χ1) is 7.72. The van der Waals surface area contributed by atoms with Gasteiger partial charge in [-0.3, -0.25) is 0 Å². The summed E-state index contributed by atoms with van der Waals surface area (Å²) in [5, 5.41) is 3.62. The molecule has 1 unspecified atom stereocenters. The van der Waals surface area contributed by atoms with Crippen molar-refractivity contribution in [2.45, 2.75) is 37.2 Å². The quantitative estimate of drug-likeness (QED) is 0.872. The molecule has 0 radical (unpaired) electrons. The average Bonchev–Trinajstić information content (AvgIpc) is 2.28. The van der Waals surface area contributed by atoms with Gasteiger partial charge in [0.1, 0.15) is 5.75 Å². The molecule has 1 heterocycles. The molecule has 2 rings (SSSR count). The number of fused-ring (bicyclic) bond motifs is 1. The van der Waals surface area contributed by atoms with E-state index in [-0.39, 0.29) is 0 Å². The highest BCUT2D eigenvalue weighted by molar-refractivity contribution is 7.99. The minimum atomic E-state index is 0.478. The average molecular weight is 237 g/mol. The van der Waals surface area contributed by atoms with E-state index in [1.807, 2.05) is 17.8 Å². The van der Waals surface area contributed by atoms with Gasteiger partial charge >= 0.3 is 0 Å². The molecule has 0 saturated heterocycles. The summed E-state index contributed by atoms with van der Waals surface area (Å²) < 4.78 is 5.42. The van der Waals surface area contributed by atoms with Crippen molar-refractivity contribution in [1.29, 1.82) is 0 Å². The Kier molecular flexibility index (Phi) is 3.77. The summed E-state index contributed by atoms with van der Waals surface area (Å²) in [5.41, 5.74) is 1.39. The van der Waals surface area contributed by atoms with Gasteiger partial charge in [0.2, 0.25) is 0 Å². The smallest absolute Gasteiger partial charge is 0.132 e. The summed E-state index contributed by atoms with van der Waals surface area (Å²) in [7, 11) is 1.75. The van der Waals surface area contributed by atoms with Crippen molar-refractivity contribution in [1.82, 2.24) is 5.32 Å². The molecule has 88 valence electrons. The highest BCUT2D eigenvalue weighted by Crippen LogP contribution is 2.41. The normalized spacial score (nSPS) is 19.6. The second-order valence-corrected chi connectivity index (χ2v) is 5.49. The first-order valence-electron chi connectivity index (χ1n) is 5.78. The molecule has 0 aliphatic carbocycles. The van der Waals surface area contributed by atoms with Gasteiger partial charge in [0.05, 0.1) is 12.0 Å². The largest absolute Gasteiger partial charge is 0.496 e. The van der Waals surface area contributed by atoms with Crippen molar-refractivity contribution in [3.63, 3.8) is 0 Å². The Morgan fingerprint density at radius 1 is 1.44 bits per heavy atom. The van der Waals surface area contributed by atoms with Gasteiger partial charge in [-0.05, 0) is 23.8 Å². The van der Waals surface area contributed by atoms with Gasteiger partial charge in [-0.1, -0.05) is 26.0 Å². The number of thioether (sulfide) groups is 1. The van der Waals surface area contributed by atoms with Crippen LogP contribution in [0.2, 0.25) is 0 Å². The molecule has 0 saturated carbocycles. The molecule has 0 bridgehead atoms. The second-order valence-electron chi connectivity index (χ2n) is 4.39. The Bertz CT molecular complexity index is 365. The maximum absolute atomic E-state index is 5.42. The summed E-state index contributed by atoms with van der Waals surface area (Å²) in [6.45, 7) is 4.39. The summed E-state index contributed by atoms with van der Waals surface area (Å²) >= 11 is 1.91. The number of nitrogens with one attached hydrogen (secondary N) is 1. The molecule has 1 aliphatic rings. The van der Waals surface area contributed by atoms with E-state index in [0.29, 0.717) is 12.1 Å². The fourth-order valence-corrected chi connectivity index (χ4v) is 3.36. The maximum Gasteiger partial charge on any atom is 0.132 e. The van der Waals surface area contributed by atoms with Crippen LogP contribution in [0.5, 0.6) is 5.75 Å². The zero-order valence-electron chi connectivity index (χ0n) is 10.1. The van der Waals surface area contributed by atoms with Crippen LogP contribution in [0.3, 0.4) is 0 Å². The fraction of sp³-hybridized carbons (Fsp3) is 0.538. The van der Waals surface area contributed by atoms with Gasteiger partial charge < -0.3 is 10.1 Å². The van der Waals surface area contributed by atoms with Crippen LogP contribution in [0.4, 0.5) is 0 Å². The zero-order chi connectivity index (χ0) is 11.5. The fourth-order valence-electron chi connectivity index (χ4n) is 2.13. The minimum Gasteiger partial charge on any atom is -0.496 e. The lowest BCUT2D eigenvalue weighted by Crippen LogP contribution is -2.30. The Morgan fingerprint density at radius 3 is 2.94 bits per heavy atom.